The van der Waals surface area contributed by atoms with Crippen LogP contribution in [0.1, 0.15) is 36.6 Å². The van der Waals surface area contributed by atoms with Gasteiger partial charge in [-0.1, -0.05) is 38.1 Å². The van der Waals surface area contributed by atoms with Crippen molar-refractivity contribution in [3.63, 3.8) is 0 Å². The second kappa shape index (κ2) is 8.42. The molecule has 0 aliphatic heterocycles. The fourth-order valence-electron chi connectivity index (χ4n) is 2.64. The van der Waals surface area contributed by atoms with Crippen LogP contribution in [0.4, 0.5) is 5.69 Å². The van der Waals surface area contributed by atoms with Crippen LogP contribution >= 0.6 is 0 Å². The molecule has 0 radical (unpaired) electrons. The van der Waals surface area contributed by atoms with Gasteiger partial charge in [0.15, 0.2) is 0 Å². The van der Waals surface area contributed by atoms with E-state index >= 15 is 0 Å². The van der Waals surface area contributed by atoms with E-state index in [2.05, 4.69) is 10.3 Å². The number of benzene rings is 1. The Bertz CT molecular complexity index is 865. The van der Waals surface area contributed by atoms with Gasteiger partial charge in [0.1, 0.15) is 0 Å². The minimum atomic E-state index is -3.55. The first-order valence-electron chi connectivity index (χ1n) is 8.43. The van der Waals surface area contributed by atoms with Gasteiger partial charge in [-0.05, 0) is 36.1 Å². The van der Waals surface area contributed by atoms with Crippen LogP contribution in [-0.2, 0) is 21.4 Å². The van der Waals surface area contributed by atoms with E-state index in [4.69, 9.17) is 0 Å². The largest absolute Gasteiger partial charge is 0.324 e. The molecule has 26 heavy (non-hydrogen) atoms. The maximum Gasteiger partial charge on any atom is 0.239 e. The number of carbonyl (C=O) groups excluding carboxylic acids is 1. The van der Waals surface area contributed by atoms with Crippen molar-refractivity contribution in [3.05, 3.63) is 59.4 Å². The molecule has 1 N–H and O–H groups in total. The average Bonchev–Trinajstić information content (AvgIpc) is 2.56. The minimum Gasteiger partial charge on any atom is -0.324 e. The van der Waals surface area contributed by atoms with E-state index < -0.39 is 10.0 Å². The number of aromatic nitrogens is 1. The van der Waals surface area contributed by atoms with E-state index in [1.54, 1.807) is 24.4 Å². The minimum absolute atomic E-state index is 0.0535. The highest BCUT2D eigenvalue weighted by molar-refractivity contribution is 7.88. The highest BCUT2D eigenvalue weighted by Gasteiger charge is 2.22. The van der Waals surface area contributed by atoms with Gasteiger partial charge in [0.2, 0.25) is 15.9 Å². The SMILES string of the molecule is Cc1cccc(C(C)C)c1NC(=O)CN(Cc1ccccn1)S(C)(=O)=O. The summed E-state index contributed by atoms with van der Waals surface area (Å²) in [7, 11) is -3.55. The first-order valence-corrected chi connectivity index (χ1v) is 10.3. The Labute approximate surface area is 155 Å². The van der Waals surface area contributed by atoms with Gasteiger partial charge in [-0.15, -0.1) is 0 Å². The van der Waals surface area contributed by atoms with Crippen molar-refractivity contribution in [3.8, 4) is 0 Å². The van der Waals surface area contributed by atoms with Crippen molar-refractivity contribution < 1.29 is 13.2 Å². The molecule has 6 nitrogen and oxygen atoms in total. The van der Waals surface area contributed by atoms with Crippen LogP contribution in [0.25, 0.3) is 0 Å². The predicted octanol–water partition coefficient (Wildman–Crippen LogP) is 2.91. The molecule has 1 amide bonds. The summed E-state index contributed by atoms with van der Waals surface area (Å²) in [6, 6.07) is 11.1. The molecule has 0 saturated carbocycles. The summed E-state index contributed by atoms with van der Waals surface area (Å²) in [6.45, 7) is 5.81. The number of sulfonamides is 1. The molecule has 2 aromatic rings. The maximum absolute atomic E-state index is 12.5. The van der Waals surface area contributed by atoms with E-state index in [0.29, 0.717) is 5.69 Å². The molecule has 1 aromatic carbocycles. The molecule has 7 heteroatoms. The first-order chi connectivity index (χ1) is 12.2. The lowest BCUT2D eigenvalue weighted by Gasteiger charge is -2.21. The number of pyridine rings is 1. The molecule has 0 spiro atoms. The van der Waals surface area contributed by atoms with Crippen molar-refractivity contribution in [1.29, 1.82) is 0 Å². The molecule has 0 aliphatic carbocycles. The monoisotopic (exact) mass is 375 g/mol. The number of para-hydroxylation sites is 1. The van der Waals surface area contributed by atoms with Gasteiger partial charge in [-0.3, -0.25) is 9.78 Å². The average molecular weight is 375 g/mol. The Balaban J connectivity index is 2.19. The Hall–Kier alpha value is -2.25. The third kappa shape index (κ3) is 5.37. The Morgan fingerprint density at radius 3 is 2.50 bits per heavy atom. The van der Waals surface area contributed by atoms with Crippen molar-refractivity contribution in [2.45, 2.75) is 33.2 Å². The van der Waals surface area contributed by atoms with Crippen LogP contribution in [0.3, 0.4) is 0 Å². The zero-order chi connectivity index (χ0) is 19.3. The van der Waals surface area contributed by atoms with Gasteiger partial charge < -0.3 is 5.32 Å². The Morgan fingerprint density at radius 2 is 1.92 bits per heavy atom. The third-order valence-electron chi connectivity index (χ3n) is 4.04. The van der Waals surface area contributed by atoms with Gasteiger partial charge in [0, 0.05) is 11.9 Å². The smallest absolute Gasteiger partial charge is 0.239 e. The van der Waals surface area contributed by atoms with Crippen LogP contribution in [0.15, 0.2) is 42.6 Å². The van der Waals surface area contributed by atoms with Crippen molar-refractivity contribution >= 4 is 21.6 Å². The van der Waals surface area contributed by atoms with Gasteiger partial charge >= 0.3 is 0 Å². The molecule has 1 aromatic heterocycles. The van der Waals surface area contributed by atoms with Crippen LogP contribution in [0.5, 0.6) is 0 Å². The lowest BCUT2D eigenvalue weighted by molar-refractivity contribution is -0.116. The number of carbonyl (C=O) groups is 1. The fourth-order valence-corrected chi connectivity index (χ4v) is 3.36. The molecular weight excluding hydrogens is 350 g/mol. The summed E-state index contributed by atoms with van der Waals surface area (Å²) in [6.07, 6.45) is 2.69. The molecule has 1 heterocycles. The molecular formula is C19H25N3O3S. The van der Waals surface area contributed by atoms with Gasteiger partial charge in [-0.2, -0.15) is 4.31 Å². The predicted molar refractivity (Wildman–Crippen MR) is 103 cm³/mol. The number of nitrogens with one attached hydrogen (secondary N) is 1. The number of rotatable bonds is 7. The lowest BCUT2D eigenvalue weighted by Crippen LogP contribution is -2.37. The molecule has 0 bridgehead atoms. The van der Waals surface area contributed by atoms with Crippen molar-refractivity contribution in [2.75, 3.05) is 18.1 Å². The van der Waals surface area contributed by atoms with E-state index in [9.17, 15) is 13.2 Å². The molecule has 2 rings (SSSR count). The second-order valence-corrected chi connectivity index (χ2v) is 8.58. The number of anilines is 1. The Morgan fingerprint density at radius 1 is 1.19 bits per heavy atom. The van der Waals surface area contributed by atoms with Crippen LogP contribution in [-0.4, -0.2) is 36.4 Å². The van der Waals surface area contributed by atoms with Crippen LogP contribution in [0, 0.1) is 6.92 Å². The quantitative estimate of drug-likeness (QED) is 0.807. The van der Waals surface area contributed by atoms with E-state index in [1.807, 2.05) is 39.0 Å². The molecule has 140 valence electrons. The second-order valence-electron chi connectivity index (χ2n) is 6.59. The third-order valence-corrected chi connectivity index (χ3v) is 5.24. The number of aryl methyl sites for hydroxylation is 1. The molecule has 0 aliphatic rings. The van der Waals surface area contributed by atoms with Gasteiger partial charge in [0.25, 0.3) is 0 Å². The molecule has 0 unspecified atom stereocenters. The van der Waals surface area contributed by atoms with E-state index in [-0.39, 0.29) is 24.9 Å². The van der Waals surface area contributed by atoms with Crippen molar-refractivity contribution in [1.82, 2.24) is 9.29 Å². The molecule has 0 saturated heterocycles. The topological polar surface area (TPSA) is 79.4 Å². The molecule has 0 atom stereocenters. The Kier molecular flexibility index (Phi) is 6.50. The van der Waals surface area contributed by atoms with Crippen LogP contribution in [0.2, 0.25) is 0 Å². The van der Waals surface area contributed by atoms with Gasteiger partial charge in [-0.25, -0.2) is 8.42 Å². The fraction of sp³-hybridized carbons (Fsp3) is 0.368. The maximum atomic E-state index is 12.5. The highest BCUT2D eigenvalue weighted by atomic mass is 32.2. The normalized spacial score (nSPS) is 11.8. The number of hydrogen-bond donors (Lipinski definition) is 1. The summed E-state index contributed by atoms with van der Waals surface area (Å²) in [4.78, 5) is 16.7. The lowest BCUT2D eigenvalue weighted by atomic mass is 9.98. The number of amides is 1. The summed E-state index contributed by atoms with van der Waals surface area (Å²) in [5.74, 6) is -0.132. The standard InChI is InChI=1S/C19H25N3O3S/c1-14(2)17-10-7-8-15(3)19(17)21-18(23)13-22(26(4,24)25)12-16-9-5-6-11-20-16/h5-11,14H,12-13H2,1-4H3,(H,21,23). The summed E-state index contributed by atoms with van der Waals surface area (Å²) in [5.41, 5.74) is 3.30. The first kappa shape index (κ1) is 20.1. The zero-order valence-corrected chi connectivity index (χ0v) is 16.4. The zero-order valence-electron chi connectivity index (χ0n) is 15.6. The number of nitrogens with zero attached hydrogens (tertiary/aromatic N) is 2. The summed E-state index contributed by atoms with van der Waals surface area (Å²) < 4.78 is 25.3. The summed E-state index contributed by atoms with van der Waals surface area (Å²) >= 11 is 0. The van der Waals surface area contributed by atoms with Crippen molar-refractivity contribution in [2.24, 2.45) is 0 Å². The summed E-state index contributed by atoms with van der Waals surface area (Å²) in [5, 5.41) is 2.88. The molecule has 0 fully saturated rings. The van der Waals surface area contributed by atoms with Crippen LogP contribution < -0.4 is 5.32 Å². The van der Waals surface area contributed by atoms with E-state index in [1.165, 1.54) is 0 Å². The highest BCUT2D eigenvalue weighted by Crippen LogP contribution is 2.27. The van der Waals surface area contributed by atoms with E-state index in [0.717, 1.165) is 27.4 Å². The van der Waals surface area contributed by atoms with Gasteiger partial charge in [0.05, 0.1) is 25.0 Å². The number of hydrogen-bond acceptors (Lipinski definition) is 4.